The fourth-order valence-electron chi connectivity index (χ4n) is 4.26. The number of hydrogen-bond donors (Lipinski definition) is 0. The number of rotatable bonds is 18. The highest BCUT2D eigenvalue weighted by atomic mass is 31.2. The lowest BCUT2D eigenvalue weighted by atomic mass is 10.2. The van der Waals surface area contributed by atoms with Gasteiger partial charge in [-0.25, -0.2) is 9.37 Å². The Labute approximate surface area is 241 Å². The first-order valence-electron chi connectivity index (χ1n) is 13.8. The second-order valence-corrected chi connectivity index (χ2v) is 13.5. The third kappa shape index (κ3) is 8.57. The number of benzene rings is 1. The molecular formula is C28H39FN2O8P2. The third-order valence-corrected chi connectivity index (χ3v) is 11.9. The van der Waals surface area contributed by atoms with Crippen LogP contribution in [-0.2, 0) is 33.6 Å². The van der Waals surface area contributed by atoms with Crippen molar-refractivity contribution in [2.75, 3.05) is 33.0 Å². The summed E-state index contributed by atoms with van der Waals surface area (Å²) in [5.74, 6) is 0.581. The fraction of sp³-hybridized carbons (Fsp3) is 0.500. The predicted molar refractivity (Wildman–Crippen MR) is 154 cm³/mol. The van der Waals surface area contributed by atoms with Gasteiger partial charge in [-0.15, -0.1) is 0 Å². The molecule has 0 amide bonds. The quantitative estimate of drug-likeness (QED) is 0.103. The molecule has 0 N–H and O–H groups in total. The number of aryl methyl sites for hydroxylation is 2. The zero-order valence-electron chi connectivity index (χ0n) is 24.2. The molecular weight excluding hydrogens is 573 g/mol. The van der Waals surface area contributed by atoms with Crippen molar-refractivity contribution in [2.24, 2.45) is 0 Å². The Balaban J connectivity index is 1.75. The van der Waals surface area contributed by atoms with Gasteiger partial charge in [0.05, 0.1) is 38.7 Å². The third-order valence-electron chi connectivity index (χ3n) is 5.97. The van der Waals surface area contributed by atoms with Gasteiger partial charge >= 0.3 is 15.2 Å². The van der Waals surface area contributed by atoms with Crippen molar-refractivity contribution < 1.29 is 40.8 Å². The van der Waals surface area contributed by atoms with Gasteiger partial charge in [0.15, 0.2) is 17.0 Å². The van der Waals surface area contributed by atoms with Crippen molar-refractivity contribution in [1.82, 2.24) is 9.97 Å². The van der Waals surface area contributed by atoms with E-state index in [0.717, 1.165) is 23.4 Å². The van der Waals surface area contributed by atoms with Crippen molar-refractivity contribution in [1.29, 1.82) is 0 Å². The minimum Gasteiger partial charge on any atom is -0.491 e. The largest absolute Gasteiger partial charge is 0.491 e. The molecule has 0 unspecified atom stereocenters. The first-order valence-corrected chi connectivity index (χ1v) is 17.0. The van der Waals surface area contributed by atoms with E-state index < -0.39 is 26.4 Å². The molecule has 0 atom stereocenters. The number of halogens is 1. The minimum absolute atomic E-state index is 0.0334. The van der Waals surface area contributed by atoms with Crippen LogP contribution in [0.4, 0.5) is 4.39 Å². The molecule has 3 rings (SSSR count). The average Bonchev–Trinajstić information content (AvgIpc) is 3.31. The molecule has 0 aliphatic carbocycles. The second-order valence-electron chi connectivity index (χ2n) is 8.88. The maximum absolute atomic E-state index is 14.8. The van der Waals surface area contributed by atoms with Crippen LogP contribution in [0, 0.1) is 12.7 Å². The van der Waals surface area contributed by atoms with Gasteiger partial charge in [0.1, 0.15) is 5.76 Å². The summed E-state index contributed by atoms with van der Waals surface area (Å²) in [6.07, 6.45) is 5.35. The van der Waals surface area contributed by atoms with Gasteiger partial charge in [-0.3, -0.25) is 14.1 Å². The number of pyridine rings is 1. The molecule has 0 bridgehead atoms. The van der Waals surface area contributed by atoms with Crippen LogP contribution >= 0.6 is 15.2 Å². The second kappa shape index (κ2) is 15.7. The summed E-state index contributed by atoms with van der Waals surface area (Å²) in [6.45, 7) is 8.80. The number of unbranched alkanes of at least 4 members (excludes halogenated alkanes) is 1. The van der Waals surface area contributed by atoms with Gasteiger partial charge in [0.2, 0.25) is 5.89 Å². The molecule has 13 heteroatoms. The van der Waals surface area contributed by atoms with E-state index in [0.29, 0.717) is 18.7 Å². The van der Waals surface area contributed by atoms with Crippen LogP contribution in [0.3, 0.4) is 0 Å². The van der Waals surface area contributed by atoms with Crippen LogP contribution in [0.25, 0.3) is 11.5 Å². The van der Waals surface area contributed by atoms with Crippen molar-refractivity contribution in [3.63, 3.8) is 0 Å². The van der Waals surface area contributed by atoms with E-state index in [2.05, 4.69) is 9.97 Å². The van der Waals surface area contributed by atoms with Gasteiger partial charge in [-0.05, 0) is 83.7 Å². The summed E-state index contributed by atoms with van der Waals surface area (Å²) in [6, 6.07) is 7.56. The topological polar surface area (TPSA) is 119 Å². The molecule has 1 aromatic carbocycles. The maximum atomic E-state index is 14.8. The SMILES string of the molecule is CCOP(=O)(OCC)C(c1ccc(F)c(OCCCCc2nc(-c3ccncc3)oc2C)c1)P(=O)(OCC)OCC. The van der Waals surface area contributed by atoms with Crippen molar-refractivity contribution in [3.05, 3.63) is 65.6 Å². The molecule has 2 aromatic heterocycles. The molecule has 226 valence electrons. The number of aromatic nitrogens is 2. The number of hydrogen-bond acceptors (Lipinski definition) is 10. The van der Waals surface area contributed by atoms with E-state index in [1.807, 2.05) is 19.1 Å². The summed E-state index contributed by atoms with van der Waals surface area (Å²) in [5, 5.41) is -1.43. The van der Waals surface area contributed by atoms with Crippen LogP contribution in [0.1, 0.15) is 63.0 Å². The molecule has 0 aliphatic heterocycles. The highest BCUT2D eigenvalue weighted by Crippen LogP contribution is 2.78. The van der Waals surface area contributed by atoms with Gasteiger partial charge < -0.3 is 27.2 Å². The van der Waals surface area contributed by atoms with Gasteiger partial charge in [-0.1, -0.05) is 6.07 Å². The van der Waals surface area contributed by atoms with E-state index in [9.17, 15) is 13.5 Å². The molecule has 0 saturated carbocycles. The molecule has 0 aliphatic rings. The Bertz CT molecular complexity index is 1290. The monoisotopic (exact) mass is 612 g/mol. The normalized spacial score (nSPS) is 12.3. The number of nitrogens with zero attached hydrogens (tertiary/aromatic N) is 2. The van der Waals surface area contributed by atoms with Crippen LogP contribution in [0.15, 0.2) is 47.1 Å². The van der Waals surface area contributed by atoms with Gasteiger partial charge in [0, 0.05) is 18.0 Å². The van der Waals surface area contributed by atoms with Crippen molar-refractivity contribution in [2.45, 2.75) is 59.3 Å². The molecule has 0 radical (unpaired) electrons. The van der Waals surface area contributed by atoms with Crippen LogP contribution in [0.2, 0.25) is 0 Å². The van der Waals surface area contributed by atoms with E-state index >= 15 is 0 Å². The first kappa shape index (κ1) is 33.1. The Hall–Kier alpha value is -2.39. The summed E-state index contributed by atoms with van der Waals surface area (Å²) in [5.41, 5.74) is 1.90. The predicted octanol–water partition coefficient (Wildman–Crippen LogP) is 8.12. The maximum Gasteiger partial charge on any atom is 0.350 e. The van der Waals surface area contributed by atoms with E-state index in [4.69, 9.17) is 27.2 Å². The summed E-state index contributed by atoms with van der Waals surface area (Å²) in [7, 11) is -8.15. The van der Waals surface area contributed by atoms with Crippen molar-refractivity contribution >= 4 is 15.2 Å². The Morgan fingerprint density at radius 2 is 1.46 bits per heavy atom. The molecule has 10 nitrogen and oxygen atoms in total. The smallest absolute Gasteiger partial charge is 0.350 e. The zero-order chi connectivity index (χ0) is 29.9. The van der Waals surface area contributed by atoms with Crippen molar-refractivity contribution in [3.8, 4) is 17.2 Å². The Kier molecular flexibility index (Phi) is 12.7. The Morgan fingerprint density at radius 1 is 0.878 bits per heavy atom. The van der Waals surface area contributed by atoms with Gasteiger partial charge in [-0.2, -0.15) is 0 Å². The number of ether oxygens (including phenoxy) is 1. The molecule has 41 heavy (non-hydrogen) atoms. The number of oxazole rings is 1. The average molecular weight is 613 g/mol. The summed E-state index contributed by atoms with van der Waals surface area (Å²) < 4.78 is 76.4. The molecule has 0 spiro atoms. The van der Waals surface area contributed by atoms with Gasteiger partial charge in [0.25, 0.3) is 0 Å². The lowest BCUT2D eigenvalue weighted by molar-refractivity contribution is 0.195. The molecule has 0 saturated heterocycles. The Morgan fingerprint density at radius 3 is 2.02 bits per heavy atom. The standard InChI is InChI=1S/C28H39FN2O8P2/c1-6-35-40(32,36-7-2)28(41(33,37-8-3)38-9-4)23-13-14-24(29)26(20-23)34-19-11-10-12-25-21(5)39-27(31-25)22-15-17-30-18-16-22/h13-18,20,28H,6-12,19H2,1-5H3. The van der Waals surface area contributed by atoms with Crippen LogP contribution in [-0.4, -0.2) is 43.0 Å². The summed E-state index contributed by atoms with van der Waals surface area (Å²) >= 11 is 0. The zero-order valence-corrected chi connectivity index (χ0v) is 26.0. The molecule has 0 fully saturated rings. The summed E-state index contributed by atoms with van der Waals surface area (Å²) in [4.78, 5) is 8.60. The molecule has 3 aromatic rings. The molecule has 2 heterocycles. The lowest BCUT2D eigenvalue weighted by Crippen LogP contribution is -2.12. The fourth-order valence-corrected chi connectivity index (χ4v) is 9.65. The van der Waals surface area contributed by atoms with Crippen LogP contribution < -0.4 is 4.74 Å². The highest BCUT2D eigenvalue weighted by molar-refractivity contribution is 7.72. The first-order chi connectivity index (χ1) is 19.7. The highest BCUT2D eigenvalue weighted by Gasteiger charge is 2.52. The lowest BCUT2D eigenvalue weighted by Gasteiger charge is -2.31. The van der Waals surface area contributed by atoms with Crippen LogP contribution in [0.5, 0.6) is 5.75 Å². The van der Waals surface area contributed by atoms with E-state index in [1.165, 1.54) is 18.2 Å². The minimum atomic E-state index is -4.07. The van der Waals surface area contributed by atoms with E-state index in [-0.39, 0.29) is 44.3 Å². The van der Waals surface area contributed by atoms with E-state index in [1.54, 1.807) is 40.1 Å².